The summed E-state index contributed by atoms with van der Waals surface area (Å²) in [4.78, 5) is 40.1. The average molecular weight is 565 g/mol. The van der Waals surface area contributed by atoms with Crippen LogP contribution in [0, 0.1) is 13.8 Å². The largest absolute Gasteiger partial charge is 0.481 e. The Morgan fingerprint density at radius 2 is 1.29 bits per heavy atom. The Bertz CT molecular complexity index is 1900. The van der Waals surface area contributed by atoms with Crippen molar-refractivity contribution in [1.29, 1.82) is 0 Å². The summed E-state index contributed by atoms with van der Waals surface area (Å²) in [6.45, 7) is 12.4. The second-order valence-electron chi connectivity index (χ2n) is 10.9. The molecule has 0 spiro atoms. The van der Waals surface area contributed by atoms with Crippen molar-refractivity contribution in [2.75, 3.05) is 0 Å². The van der Waals surface area contributed by atoms with E-state index in [0.717, 1.165) is 80.4 Å². The Morgan fingerprint density at radius 1 is 0.738 bits per heavy atom. The summed E-state index contributed by atoms with van der Waals surface area (Å²) in [6.07, 6.45) is 4.69. The van der Waals surface area contributed by atoms with Crippen molar-refractivity contribution < 1.29 is 19.8 Å². The van der Waals surface area contributed by atoms with Crippen molar-refractivity contribution in [2.45, 2.75) is 67.2 Å². The lowest BCUT2D eigenvalue weighted by atomic mass is 10.0. The van der Waals surface area contributed by atoms with Crippen LogP contribution in [0.15, 0.2) is 30.3 Å². The van der Waals surface area contributed by atoms with E-state index in [4.69, 9.17) is 9.97 Å². The number of nitrogens with one attached hydrogen (secondary N) is 2. The molecular weight excluding hydrogens is 528 g/mol. The molecule has 8 bridgehead atoms. The van der Waals surface area contributed by atoms with Gasteiger partial charge in [0, 0.05) is 40.1 Å². The summed E-state index contributed by atoms with van der Waals surface area (Å²) < 4.78 is 0. The number of allylic oxidation sites excluding steroid dienone is 4. The highest BCUT2D eigenvalue weighted by atomic mass is 16.4. The molecule has 0 unspecified atom stereocenters. The van der Waals surface area contributed by atoms with Crippen molar-refractivity contribution in [1.82, 2.24) is 19.9 Å². The van der Waals surface area contributed by atoms with Crippen molar-refractivity contribution >= 4 is 62.4 Å². The second kappa shape index (κ2) is 11.3. The summed E-state index contributed by atoms with van der Waals surface area (Å²) in [5.74, 6) is -1.92. The Labute approximate surface area is 244 Å². The van der Waals surface area contributed by atoms with Gasteiger partial charge in [-0.3, -0.25) is 4.79 Å². The fourth-order valence-electron chi connectivity index (χ4n) is 6.00. The molecule has 4 N–H and O–H groups in total. The van der Waals surface area contributed by atoms with Gasteiger partial charge >= 0.3 is 11.9 Å². The molecule has 0 atom stereocenters. The van der Waals surface area contributed by atoms with E-state index in [-0.39, 0.29) is 6.42 Å². The molecule has 42 heavy (non-hydrogen) atoms. The lowest BCUT2D eigenvalue weighted by molar-refractivity contribution is -0.137. The van der Waals surface area contributed by atoms with E-state index in [1.165, 1.54) is 16.7 Å². The number of H-pyrrole nitrogens is 2. The maximum absolute atomic E-state index is 11.5. The van der Waals surface area contributed by atoms with Gasteiger partial charge in [-0.2, -0.15) is 0 Å². The number of carboxylic acids is 2. The number of carboxylic acid groups (broad SMARTS) is 2. The molecule has 0 saturated heterocycles. The number of aromatic nitrogens is 4. The zero-order valence-electron chi connectivity index (χ0n) is 24.9. The van der Waals surface area contributed by atoms with E-state index in [1.807, 2.05) is 32.0 Å². The molecule has 8 heteroatoms. The fourth-order valence-corrected chi connectivity index (χ4v) is 6.00. The highest BCUT2D eigenvalue weighted by Gasteiger charge is 2.20. The standard InChI is InChI=1S/C34H36N4O4/c1-7-21-17(3)25-13-26-19(5)23(9-11-33(39)40)31(37-26)16-32-24(10-12-34(41)42)20(6)28(38-32)15-30-22(8-2)18(4)27(36-30)14-29(21)35-25/h9,11,13-16,36-37H,7-8,10,12H2,1-6H3,(H,39,40)(H,41,42). The van der Waals surface area contributed by atoms with Crippen LogP contribution in [0.25, 0.3) is 50.4 Å². The summed E-state index contributed by atoms with van der Waals surface area (Å²) in [7, 11) is 0. The van der Waals surface area contributed by atoms with Crippen LogP contribution in [0.5, 0.6) is 0 Å². The van der Waals surface area contributed by atoms with Gasteiger partial charge in [0.25, 0.3) is 0 Å². The van der Waals surface area contributed by atoms with Crippen LogP contribution in [-0.2, 0) is 16.0 Å². The highest BCUT2D eigenvalue weighted by molar-refractivity contribution is 5.96. The first-order valence-electron chi connectivity index (χ1n) is 14.3. The lowest BCUT2D eigenvalue weighted by Gasteiger charge is -2.02. The third-order valence-corrected chi connectivity index (χ3v) is 8.41. The Hall–Kier alpha value is -4.72. The van der Waals surface area contributed by atoms with Gasteiger partial charge < -0.3 is 20.2 Å². The van der Waals surface area contributed by atoms with Crippen LogP contribution in [0.3, 0.4) is 0 Å². The molecular formula is C34H36N4O4. The van der Waals surface area contributed by atoms with Crippen molar-refractivity contribution in [3.05, 3.63) is 75.4 Å². The number of fused-ring (bicyclic) bond motifs is 8. The van der Waals surface area contributed by atoms with Crippen molar-refractivity contribution in [3.63, 3.8) is 0 Å². The molecule has 0 aliphatic carbocycles. The minimum atomic E-state index is -1.04. The molecule has 0 aromatic carbocycles. The quantitative estimate of drug-likeness (QED) is 0.217. The number of rotatable bonds is 7. The van der Waals surface area contributed by atoms with Gasteiger partial charge in [0.05, 0.1) is 22.8 Å². The van der Waals surface area contributed by atoms with Crippen LogP contribution in [0.1, 0.15) is 92.0 Å². The molecule has 216 valence electrons. The van der Waals surface area contributed by atoms with Gasteiger partial charge in [-0.1, -0.05) is 13.8 Å². The molecule has 0 fully saturated rings. The first-order chi connectivity index (χ1) is 20.0. The fraction of sp³-hybridized carbons (Fsp3) is 0.294. The normalized spacial score (nSPS) is 13.5. The molecule has 0 saturated carbocycles. The van der Waals surface area contributed by atoms with Gasteiger partial charge in [0.2, 0.25) is 0 Å². The number of nitrogens with zero attached hydrogens (tertiary/aromatic N) is 2. The van der Waals surface area contributed by atoms with Crippen LogP contribution in [-0.4, -0.2) is 42.1 Å². The van der Waals surface area contributed by atoms with Crippen molar-refractivity contribution in [3.8, 4) is 0 Å². The van der Waals surface area contributed by atoms with Gasteiger partial charge in [-0.15, -0.1) is 0 Å². The number of hydrogen-bond acceptors (Lipinski definition) is 4. The van der Waals surface area contributed by atoms with Gasteiger partial charge in [-0.25, -0.2) is 14.8 Å². The monoisotopic (exact) mass is 564 g/mol. The van der Waals surface area contributed by atoms with Crippen molar-refractivity contribution in [2.24, 2.45) is 0 Å². The third kappa shape index (κ3) is 5.20. The predicted octanol–water partition coefficient (Wildman–Crippen LogP) is 7.73. The van der Waals surface area contributed by atoms with Crippen LogP contribution < -0.4 is 0 Å². The molecule has 0 radical (unpaired) electrons. The first-order valence-corrected chi connectivity index (χ1v) is 14.3. The molecule has 5 heterocycles. The Kier molecular flexibility index (Phi) is 7.73. The third-order valence-electron chi connectivity index (χ3n) is 8.41. The van der Waals surface area contributed by atoms with Gasteiger partial charge in [0.1, 0.15) is 0 Å². The number of aryl methyl sites for hydroxylation is 3. The topological polar surface area (TPSA) is 132 Å². The van der Waals surface area contributed by atoms with Crippen LogP contribution in [0.2, 0.25) is 0 Å². The summed E-state index contributed by atoms with van der Waals surface area (Å²) in [5, 5.41) is 18.8. The molecule has 2 aliphatic rings. The zero-order valence-corrected chi connectivity index (χ0v) is 24.9. The van der Waals surface area contributed by atoms with E-state index in [9.17, 15) is 19.8 Å². The summed E-state index contributed by atoms with van der Waals surface area (Å²) in [5.41, 5.74) is 14.8. The zero-order chi connectivity index (χ0) is 30.3. The summed E-state index contributed by atoms with van der Waals surface area (Å²) >= 11 is 0. The Morgan fingerprint density at radius 3 is 1.90 bits per heavy atom. The predicted molar refractivity (Wildman–Crippen MR) is 169 cm³/mol. The minimum absolute atomic E-state index is 0.0217. The van der Waals surface area contributed by atoms with Gasteiger partial charge in [0.15, 0.2) is 0 Å². The molecule has 5 rings (SSSR count). The van der Waals surface area contributed by atoms with Crippen LogP contribution in [0.4, 0.5) is 0 Å². The van der Waals surface area contributed by atoms with Crippen LogP contribution >= 0.6 is 0 Å². The van der Waals surface area contributed by atoms with E-state index < -0.39 is 11.9 Å². The average Bonchev–Trinajstić information content (AvgIpc) is 3.59. The molecule has 3 aromatic rings. The molecule has 8 nitrogen and oxygen atoms in total. The number of hydrogen-bond donors (Lipinski definition) is 4. The minimum Gasteiger partial charge on any atom is -0.481 e. The van der Waals surface area contributed by atoms with E-state index in [0.29, 0.717) is 17.6 Å². The second-order valence-corrected chi connectivity index (χ2v) is 10.9. The lowest BCUT2D eigenvalue weighted by Crippen LogP contribution is -1.95. The molecule has 2 aliphatic heterocycles. The number of aromatic amines is 2. The maximum atomic E-state index is 11.5. The van der Waals surface area contributed by atoms with E-state index in [2.05, 4.69) is 43.7 Å². The SMILES string of the molecule is CCC1=C(C)c2cc3[nH]c(cc4nc(cc5[nH]c(cc1n2)c(C)c5CC)C(C)=C4CCC(=O)O)c(C=CC(=O)O)c3C. The molecule has 3 aromatic heterocycles. The highest BCUT2D eigenvalue weighted by Crippen LogP contribution is 2.36. The maximum Gasteiger partial charge on any atom is 0.328 e. The van der Waals surface area contributed by atoms with E-state index in [1.54, 1.807) is 6.08 Å². The Balaban J connectivity index is 1.96. The summed E-state index contributed by atoms with van der Waals surface area (Å²) in [6, 6.07) is 8.08. The molecule has 0 amide bonds. The van der Waals surface area contributed by atoms with Gasteiger partial charge in [-0.05, 0) is 116 Å². The number of aliphatic carboxylic acids is 2. The van der Waals surface area contributed by atoms with E-state index >= 15 is 0 Å². The first kappa shape index (κ1) is 28.8. The number of carbonyl (C=O) groups is 2. The smallest absolute Gasteiger partial charge is 0.328 e.